The van der Waals surface area contributed by atoms with Gasteiger partial charge in [-0.3, -0.25) is 14.4 Å². The average molecular weight is 250 g/mol. The second kappa shape index (κ2) is 5.76. The van der Waals surface area contributed by atoms with E-state index in [1.165, 1.54) is 13.8 Å². The highest BCUT2D eigenvalue weighted by molar-refractivity contribution is 6.04. The van der Waals surface area contributed by atoms with E-state index < -0.39 is 11.4 Å². The van der Waals surface area contributed by atoms with E-state index in [0.29, 0.717) is 0 Å². The highest BCUT2D eigenvalue weighted by Gasteiger charge is 2.35. The molecule has 0 amide bonds. The third kappa shape index (κ3) is 3.39. The Bertz CT molecular complexity index is 392. The first-order valence-corrected chi connectivity index (χ1v) is 5.93. The maximum Gasteiger partial charge on any atom is 0.306 e. The first kappa shape index (κ1) is 14.4. The van der Waals surface area contributed by atoms with E-state index in [2.05, 4.69) is 0 Å². The summed E-state index contributed by atoms with van der Waals surface area (Å²) in [5, 5.41) is 0. The highest BCUT2D eigenvalue weighted by Crippen LogP contribution is 2.26. The zero-order valence-electron chi connectivity index (χ0n) is 10.9. The van der Waals surface area contributed by atoms with Gasteiger partial charge in [0.25, 0.3) is 0 Å². The number of ether oxygens (including phenoxy) is 1. The van der Waals surface area contributed by atoms with Crippen molar-refractivity contribution >= 4 is 17.5 Å². The van der Waals surface area contributed by atoms with Crippen LogP contribution in [0.15, 0.2) is 24.3 Å². The standard InChI is InChI=1S/C14H18O4/c1-10(15)14(3,11(2)16)9-8-13(17)18-12-6-4-5-7-12/h4-7,12H,8-9H2,1-3H3. The van der Waals surface area contributed by atoms with Crippen LogP contribution in [0.2, 0.25) is 0 Å². The normalized spacial score (nSPS) is 14.8. The van der Waals surface area contributed by atoms with Crippen LogP contribution in [0.4, 0.5) is 0 Å². The van der Waals surface area contributed by atoms with Crippen molar-refractivity contribution in [1.82, 2.24) is 0 Å². The molecular formula is C14H18O4. The van der Waals surface area contributed by atoms with Gasteiger partial charge in [-0.05, 0) is 39.3 Å². The van der Waals surface area contributed by atoms with Gasteiger partial charge in [0.15, 0.2) is 0 Å². The lowest BCUT2D eigenvalue weighted by Gasteiger charge is -2.23. The Balaban J connectivity index is 2.50. The Morgan fingerprint density at radius 3 is 2.06 bits per heavy atom. The molecule has 0 fully saturated rings. The van der Waals surface area contributed by atoms with E-state index in [9.17, 15) is 14.4 Å². The minimum Gasteiger partial charge on any atom is -0.454 e. The molecular weight excluding hydrogens is 232 g/mol. The number of carbonyl (C=O) groups excluding carboxylic acids is 3. The van der Waals surface area contributed by atoms with Gasteiger partial charge in [0.05, 0.1) is 5.41 Å². The van der Waals surface area contributed by atoms with Gasteiger partial charge in [-0.1, -0.05) is 12.2 Å². The molecule has 0 unspecified atom stereocenters. The van der Waals surface area contributed by atoms with Gasteiger partial charge in [-0.15, -0.1) is 0 Å². The lowest BCUT2D eigenvalue weighted by Crippen LogP contribution is -2.34. The third-order valence-corrected chi connectivity index (χ3v) is 3.36. The van der Waals surface area contributed by atoms with Crippen molar-refractivity contribution in [3.8, 4) is 0 Å². The van der Waals surface area contributed by atoms with Crippen molar-refractivity contribution < 1.29 is 19.1 Å². The van der Waals surface area contributed by atoms with Crippen LogP contribution in [0.5, 0.6) is 0 Å². The van der Waals surface area contributed by atoms with E-state index in [0.717, 1.165) is 0 Å². The van der Waals surface area contributed by atoms with E-state index in [1.807, 2.05) is 0 Å². The van der Waals surface area contributed by atoms with E-state index in [1.54, 1.807) is 31.2 Å². The van der Waals surface area contributed by atoms with E-state index >= 15 is 0 Å². The van der Waals surface area contributed by atoms with Gasteiger partial charge in [0.1, 0.15) is 17.7 Å². The van der Waals surface area contributed by atoms with Crippen molar-refractivity contribution in [2.24, 2.45) is 5.41 Å². The minimum absolute atomic E-state index is 0.0633. The fraction of sp³-hybridized carbons (Fsp3) is 0.500. The van der Waals surface area contributed by atoms with Crippen LogP contribution >= 0.6 is 0 Å². The van der Waals surface area contributed by atoms with Gasteiger partial charge in [0, 0.05) is 6.42 Å². The molecule has 0 aromatic rings. The summed E-state index contributed by atoms with van der Waals surface area (Å²) >= 11 is 0. The molecule has 1 rings (SSSR count). The number of hydrogen-bond donors (Lipinski definition) is 0. The number of hydrogen-bond acceptors (Lipinski definition) is 4. The monoisotopic (exact) mass is 250 g/mol. The Hall–Kier alpha value is -1.71. The molecule has 0 radical (unpaired) electrons. The van der Waals surface area contributed by atoms with E-state index in [-0.39, 0.29) is 30.5 Å². The first-order valence-electron chi connectivity index (χ1n) is 5.93. The second-order valence-corrected chi connectivity index (χ2v) is 4.67. The minimum atomic E-state index is -1.08. The topological polar surface area (TPSA) is 60.4 Å². The van der Waals surface area contributed by atoms with Crippen LogP contribution in [0.1, 0.15) is 33.6 Å². The summed E-state index contributed by atoms with van der Waals surface area (Å²) in [4.78, 5) is 34.5. The summed E-state index contributed by atoms with van der Waals surface area (Å²) in [6, 6.07) is 0. The molecule has 4 nitrogen and oxygen atoms in total. The van der Waals surface area contributed by atoms with Crippen LogP contribution in [-0.4, -0.2) is 23.6 Å². The molecule has 0 saturated carbocycles. The average Bonchev–Trinajstić information content (AvgIpc) is 2.77. The van der Waals surface area contributed by atoms with Crippen molar-refractivity contribution in [3.05, 3.63) is 24.3 Å². The smallest absolute Gasteiger partial charge is 0.306 e. The van der Waals surface area contributed by atoms with Crippen LogP contribution in [-0.2, 0) is 19.1 Å². The number of rotatable bonds is 6. The summed E-state index contributed by atoms with van der Waals surface area (Å²) in [5.41, 5.74) is -1.08. The fourth-order valence-corrected chi connectivity index (χ4v) is 1.65. The van der Waals surface area contributed by atoms with Crippen molar-refractivity contribution in [3.63, 3.8) is 0 Å². The van der Waals surface area contributed by atoms with Crippen molar-refractivity contribution in [2.75, 3.05) is 0 Å². The number of allylic oxidation sites excluding steroid dienone is 2. The highest BCUT2D eigenvalue weighted by atomic mass is 16.5. The van der Waals surface area contributed by atoms with Crippen LogP contribution in [0, 0.1) is 5.41 Å². The van der Waals surface area contributed by atoms with E-state index in [4.69, 9.17) is 4.74 Å². The summed E-state index contributed by atoms with van der Waals surface area (Å²) in [5.74, 6) is -0.836. The predicted octanol–water partition coefficient (Wildman–Crippen LogP) is 1.99. The van der Waals surface area contributed by atoms with Gasteiger partial charge >= 0.3 is 5.97 Å². The Labute approximate surface area is 107 Å². The zero-order valence-corrected chi connectivity index (χ0v) is 10.9. The second-order valence-electron chi connectivity index (χ2n) is 4.67. The fourth-order valence-electron chi connectivity index (χ4n) is 1.65. The number of Topliss-reactive ketones (excluding diaryl/α,β-unsaturated/α-hetero) is 2. The molecule has 0 spiro atoms. The molecule has 1 aliphatic rings. The molecule has 0 heterocycles. The maximum atomic E-state index is 11.6. The largest absolute Gasteiger partial charge is 0.454 e. The number of esters is 1. The Morgan fingerprint density at radius 1 is 1.11 bits per heavy atom. The predicted molar refractivity (Wildman–Crippen MR) is 66.9 cm³/mol. The summed E-state index contributed by atoms with van der Waals surface area (Å²) in [7, 11) is 0. The summed E-state index contributed by atoms with van der Waals surface area (Å²) < 4.78 is 5.13. The third-order valence-electron chi connectivity index (χ3n) is 3.36. The van der Waals surface area contributed by atoms with Gasteiger partial charge in [0.2, 0.25) is 0 Å². The zero-order chi connectivity index (χ0) is 13.8. The number of ketones is 2. The lowest BCUT2D eigenvalue weighted by atomic mass is 9.78. The van der Waals surface area contributed by atoms with Crippen molar-refractivity contribution in [1.29, 1.82) is 0 Å². The SMILES string of the molecule is CC(=O)C(C)(CCC(=O)OC1C=CC=C1)C(C)=O. The summed E-state index contributed by atoms with van der Waals surface area (Å²) in [6.45, 7) is 4.31. The van der Waals surface area contributed by atoms with Gasteiger partial charge in [-0.25, -0.2) is 0 Å². The molecule has 0 aromatic heterocycles. The molecule has 0 aliphatic heterocycles. The lowest BCUT2D eigenvalue weighted by molar-refractivity contribution is -0.146. The van der Waals surface area contributed by atoms with Crippen LogP contribution < -0.4 is 0 Å². The quantitative estimate of drug-likeness (QED) is 0.534. The molecule has 1 aliphatic carbocycles. The molecule has 0 bridgehead atoms. The molecule has 98 valence electrons. The van der Waals surface area contributed by atoms with Crippen LogP contribution in [0.3, 0.4) is 0 Å². The van der Waals surface area contributed by atoms with Crippen molar-refractivity contribution in [2.45, 2.75) is 39.7 Å². The molecule has 0 atom stereocenters. The first-order chi connectivity index (χ1) is 8.36. The molecule has 18 heavy (non-hydrogen) atoms. The molecule has 0 N–H and O–H groups in total. The summed E-state index contributed by atoms with van der Waals surface area (Å²) in [6.07, 6.45) is 7.05. The Morgan fingerprint density at radius 2 is 1.61 bits per heavy atom. The molecule has 0 aromatic carbocycles. The van der Waals surface area contributed by atoms with Gasteiger partial charge in [-0.2, -0.15) is 0 Å². The number of carbonyl (C=O) groups is 3. The molecule has 0 saturated heterocycles. The van der Waals surface area contributed by atoms with Crippen LogP contribution in [0.25, 0.3) is 0 Å². The van der Waals surface area contributed by atoms with Gasteiger partial charge < -0.3 is 4.74 Å². The molecule has 4 heteroatoms. The Kier molecular flexibility index (Phi) is 4.59. The maximum absolute atomic E-state index is 11.6.